The SMILES string of the molecule is CC1c2ccsc2CCN1C1(CN)CCN2CCCC21. The number of fused-ring (bicyclic) bond motifs is 2. The van der Waals surface area contributed by atoms with Crippen molar-refractivity contribution in [1.82, 2.24) is 9.80 Å². The summed E-state index contributed by atoms with van der Waals surface area (Å²) in [5, 5.41) is 2.26. The molecule has 3 nitrogen and oxygen atoms in total. The minimum Gasteiger partial charge on any atom is -0.329 e. The Labute approximate surface area is 125 Å². The zero-order chi connectivity index (χ0) is 13.7. The Hall–Kier alpha value is -0.420. The van der Waals surface area contributed by atoms with Crippen molar-refractivity contribution < 1.29 is 0 Å². The maximum atomic E-state index is 6.35. The monoisotopic (exact) mass is 291 g/mol. The number of nitrogens with zero attached hydrogens (tertiary/aromatic N) is 2. The van der Waals surface area contributed by atoms with Crippen LogP contribution < -0.4 is 5.73 Å². The van der Waals surface area contributed by atoms with Gasteiger partial charge in [-0.2, -0.15) is 0 Å². The van der Waals surface area contributed by atoms with E-state index in [1.807, 2.05) is 11.3 Å². The summed E-state index contributed by atoms with van der Waals surface area (Å²) in [5.41, 5.74) is 8.14. The average molecular weight is 291 g/mol. The minimum atomic E-state index is 0.232. The Balaban J connectivity index is 1.69. The summed E-state index contributed by atoms with van der Waals surface area (Å²) < 4.78 is 0. The average Bonchev–Trinajstić information content (AvgIpc) is 3.15. The van der Waals surface area contributed by atoms with E-state index in [9.17, 15) is 0 Å². The van der Waals surface area contributed by atoms with Gasteiger partial charge in [-0.1, -0.05) is 0 Å². The van der Waals surface area contributed by atoms with Crippen LogP contribution in [0.1, 0.15) is 42.7 Å². The summed E-state index contributed by atoms with van der Waals surface area (Å²) in [6.07, 6.45) is 5.18. The van der Waals surface area contributed by atoms with Crippen LogP contribution in [-0.4, -0.2) is 47.6 Å². The van der Waals surface area contributed by atoms with Crippen molar-refractivity contribution in [2.24, 2.45) is 5.73 Å². The van der Waals surface area contributed by atoms with Crippen molar-refractivity contribution in [2.45, 2.75) is 50.2 Å². The third kappa shape index (κ3) is 1.68. The van der Waals surface area contributed by atoms with E-state index in [2.05, 4.69) is 28.2 Å². The molecule has 0 saturated carbocycles. The van der Waals surface area contributed by atoms with Gasteiger partial charge in [0.25, 0.3) is 0 Å². The zero-order valence-electron chi connectivity index (χ0n) is 12.3. The highest BCUT2D eigenvalue weighted by Gasteiger charge is 2.53. The summed E-state index contributed by atoms with van der Waals surface area (Å²) in [4.78, 5) is 7.06. The van der Waals surface area contributed by atoms with E-state index < -0.39 is 0 Å². The van der Waals surface area contributed by atoms with Crippen LogP contribution in [0.15, 0.2) is 11.4 Å². The van der Waals surface area contributed by atoms with E-state index in [4.69, 9.17) is 5.73 Å². The standard InChI is InChI=1S/C16H25N3S/c1-12-13-5-10-20-14(13)4-8-19(12)16(11-17)6-9-18-7-2-3-15(16)18/h5,10,12,15H,2-4,6-9,11,17H2,1H3. The first-order chi connectivity index (χ1) is 9.76. The lowest BCUT2D eigenvalue weighted by Crippen LogP contribution is -2.61. The smallest absolute Gasteiger partial charge is 0.0504 e. The van der Waals surface area contributed by atoms with Crippen LogP contribution in [0.3, 0.4) is 0 Å². The largest absolute Gasteiger partial charge is 0.329 e. The molecule has 2 fully saturated rings. The van der Waals surface area contributed by atoms with Gasteiger partial charge in [-0.15, -0.1) is 11.3 Å². The highest BCUT2D eigenvalue weighted by Crippen LogP contribution is 2.45. The Morgan fingerprint density at radius 1 is 1.40 bits per heavy atom. The van der Waals surface area contributed by atoms with Crippen LogP contribution in [0.4, 0.5) is 0 Å². The van der Waals surface area contributed by atoms with E-state index in [0.717, 1.165) is 6.54 Å². The van der Waals surface area contributed by atoms with Crippen LogP contribution in [0.5, 0.6) is 0 Å². The molecule has 0 aromatic carbocycles. The van der Waals surface area contributed by atoms with Crippen LogP contribution in [0.2, 0.25) is 0 Å². The first-order valence-electron chi connectivity index (χ1n) is 8.03. The van der Waals surface area contributed by atoms with Crippen molar-refractivity contribution in [3.63, 3.8) is 0 Å². The van der Waals surface area contributed by atoms with Gasteiger partial charge in [0.15, 0.2) is 0 Å². The van der Waals surface area contributed by atoms with Crippen molar-refractivity contribution in [1.29, 1.82) is 0 Å². The molecule has 3 aliphatic heterocycles. The van der Waals surface area contributed by atoms with Gasteiger partial charge in [0, 0.05) is 36.6 Å². The number of nitrogens with two attached hydrogens (primary N) is 1. The number of thiophene rings is 1. The number of hydrogen-bond acceptors (Lipinski definition) is 4. The summed E-state index contributed by atoms with van der Waals surface area (Å²) >= 11 is 1.93. The second-order valence-electron chi connectivity index (χ2n) is 6.67. The molecule has 4 heteroatoms. The second kappa shape index (κ2) is 4.80. The molecule has 20 heavy (non-hydrogen) atoms. The normalized spacial score (nSPS) is 38.1. The molecule has 0 amide bonds. The molecule has 0 aliphatic carbocycles. The summed E-state index contributed by atoms with van der Waals surface area (Å²) in [7, 11) is 0. The molecule has 3 atom stereocenters. The quantitative estimate of drug-likeness (QED) is 0.907. The Bertz CT molecular complexity index is 500. The topological polar surface area (TPSA) is 32.5 Å². The van der Waals surface area contributed by atoms with Gasteiger partial charge in [0.05, 0.1) is 5.54 Å². The van der Waals surface area contributed by atoms with Crippen LogP contribution in [0, 0.1) is 0 Å². The molecule has 0 bridgehead atoms. The fourth-order valence-corrected chi connectivity index (χ4v) is 5.98. The zero-order valence-corrected chi connectivity index (χ0v) is 13.2. The molecular weight excluding hydrogens is 266 g/mol. The molecule has 0 spiro atoms. The highest BCUT2D eigenvalue weighted by atomic mass is 32.1. The molecule has 2 N–H and O–H groups in total. The van der Waals surface area contributed by atoms with Crippen LogP contribution >= 0.6 is 11.3 Å². The van der Waals surface area contributed by atoms with Gasteiger partial charge in [-0.25, -0.2) is 0 Å². The van der Waals surface area contributed by atoms with Gasteiger partial charge in [0.2, 0.25) is 0 Å². The number of hydrogen-bond donors (Lipinski definition) is 1. The van der Waals surface area contributed by atoms with Crippen LogP contribution in [-0.2, 0) is 6.42 Å². The van der Waals surface area contributed by atoms with Crippen molar-refractivity contribution >= 4 is 11.3 Å². The van der Waals surface area contributed by atoms with Gasteiger partial charge in [-0.05, 0) is 56.2 Å². The van der Waals surface area contributed by atoms with Gasteiger partial charge >= 0.3 is 0 Å². The maximum absolute atomic E-state index is 6.35. The lowest BCUT2D eigenvalue weighted by atomic mass is 9.83. The lowest BCUT2D eigenvalue weighted by molar-refractivity contribution is 0.0259. The molecule has 110 valence electrons. The van der Waals surface area contributed by atoms with Gasteiger partial charge in [-0.3, -0.25) is 9.80 Å². The first-order valence-corrected chi connectivity index (χ1v) is 8.91. The fourth-order valence-electron chi connectivity index (χ4n) is 5.01. The Morgan fingerprint density at radius 2 is 2.30 bits per heavy atom. The van der Waals surface area contributed by atoms with Crippen LogP contribution in [0.25, 0.3) is 0 Å². The lowest BCUT2D eigenvalue weighted by Gasteiger charge is -2.49. The molecule has 3 unspecified atom stereocenters. The van der Waals surface area contributed by atoms with Crippen molar-refractivity contribution in [2.75, 3.05) is 26.2 Å². The third-order valence-corrected chi connectivity index (χ3v) is 7.02. The Kier molecular flexibility index (Phi) is 3.18. The molecule has 1 aromatic heterocycles. The minimum absolute atomic E-state index is 0.232. The second-order valence-corrected chi connectivity index (χ2v) is 7.67. The molecule has 0 radical (unpaired) electrons. The molecule has 4 heterocycles. The van der Waals surface area contributed by atoms with E-state index in [-0.39, 0.29) is 5.54 Å². The van der Waals surface area contributed by atoms with Gasteiger partial charge in [0.1, 0.15) is 0 Å². The maximum Gasteiger partial charge on any atom is 0.0504 e. The fraction of sp³-hybridized carbons (Fsp3) is 0.750. The highest BCUT2D eigenvalue weighted by molar-refractivity contribution is 7.10. The summed E-state index contributed by atoms with van der Waals surface area (Å²) in [6, 6.07) is 3.58. The van der Waals surface area contributed by atoms with Gasteiger partial charge < -0.3 is 5.73 Å². The van der Waals surface area contributed by atoms with E-state index >= 15 is 0 Å². The van der Waals surface area contributed by atoms with E-state index in [1.54, 1.807) is 10.4 Å². The molecule has 3 aliphatic rings. The van der Waals surface area contributed by atoms with E-state index in [1.165, 1.54) is 45.3 Å². The third-order valence-electron chi connectivity index (χ3n) is 6.02. The van der Waals surface area contributed by atoms with Crippen molar-refractivity contribution in [3.05, 3.63) is 21.9 Å². The van der Waals surface area contributed by atoms with E-state index in [0.29, 0.717) is 12.1 Å². The Morgan fingerprint density at radius 3 is 3.15 bits per heavy atom. The predicted molar refractivity (Wildman–Crippen MR) is 84.1 cm³/mol. The molecular formula is C16H25N3S. The molecule has 2 saturated heterocycles. The number of rotatable bonds is 2. The summed E-state index contributed by atoms with van der Waals surface area (Å²) in [6.45, 7) is 6.94. The van der Waals surface area contributed by atoms with Crippen molar-refractivity contribution in [3.8, 4) is 0 Å². The first kappa shape index (κ1) is 13.3. The molecule has 4 rings (SSSR count). The summed E-state index contributed by atoms with van der Waals surface area (Å²) in [5.74, 6) is 0. The molecule has 1 aromatic rings. The predicted octanol–water partition coefficient (Wildman–Crippen LogP) is 2.23.